The topological polar surface area (TPSA) is 78.9 Å². The second kappa shape index (κ2) is 30.6. The van der Waals surface area contributed by atoms with Crippen LogP contribution in [0.1, 0.15) is 145 Å². The van der Waals surface area contributed by atoms with Gasteiger partial charge in [0.25, 0.3) is 0 Å². The molecule has 0 unspecified atom stereocenters. The van der Waals surface area contributed by atoms with E-state index >= 15 is 0 Å². The van der Waals surface area contributed by atoms with Gasteiger partial charge in [0.1, 0.15) is 0 Å². The van der Waals surface area contributed by atoms with E-state index in [2.05, 4.69) is 48.5 Å². The van der Waals surface area contributed by atoms with Gasteiger partial charge in [0.2, 0.25) is 0 Å². The average molecular weight is 786 g/mol. The fourth-order valence-corrected chi connectivity index (χ4v) is 33.5. The number of esters is 3. The van der Waals surface area contributed by atoms with E-state index in [9.17, 15) is 14.4 Å². The van der Waals surface area contributed by atoms with Crippen molar-refractivity contribution in [2.75, 3.05) is 31.3 Å². The van der Waals surface area contributed by atoms with Crippen molar-refractivity contribution < 1.29 is 28.6 Å². The number of carbonyl (C=O) groups is 3. The standard InChI is InChI=1S/C14H28O2S.2C10H20O2S.Sn.H/c1-4-7-9-12(6-3)11-13(17)14(15)16-10-8-5-2;2*1-3-5-6-9(4-2)7-12-10(11)8-13;;/h12-13,17H,4-11H2,1-3H3;2*9,13H,3-8H2,1-2H3;;/q;;;+3;/p-3/t12-,13+;2*9-;;/m111../s1. The molecular formula is C34H66O6S3Sn. The van der Waals surface area contributed by atoms with Crippen LogP contribution in [0.3, 0.4) is 0 Å². The molecule has 0 aromatic rings. The fraction of sp³-hybridized carbons (Fsp3) is 0.912. The molecule has 0 bridgehead atoms. The monoisotopic (exact) mass is 786 g/mol. The Labute approximate surface area is 286 Å². The molecule has 0 saturated heterocycles. The van der Waals surface area contributed by atoms with E-state index in [-0.39, 0.29) is 34.7 Å². The molecule has 6 nitrogen and oxygen atoms in total. The second-order valence-electron chi connectivity index (χ2n) is 11.9. The van der Waals surface area contributed by atoms with Gasteiger partial charge in [-0.25, -0.2) is 0 Å². The predicted octanol–water partition coefficient (Wildman–Crippen LogP) is 9.74. The minimum absolute atomic E-state index is 0.130. The van der Waals surface area contributed by atoms with Crippen LogP contribution < -0.4 is 0 Å². The van der Waals surface area contributed by atoms with E-state index in [1.807, 2.05) is 0 Å². The molecule has 0 radical (unpaired) electrons. The van der Waals surface area contributed by atoms with Crippen LogP contribution in [0.2, 0.25) is 0 Å². The van der Waals surface area contributed by atoms with Gasteiger partial charge in [-0.3, -0.25) is 0 Å². The summed E-state index contributed by atoms with van der Waals surface area (Å²) in [5, 5.41) is -0.251. The molecule has 0 amide bonds. The minimum atomic E-state index is -2.77. The molecule has 0 rings (SSSR count). The SMILES string of the molecule is CCCCOC(=O)[C@H](C[C@H](CC)CCCC)[S][SnH]([S]CC(=O)OC[C@H](CC)CCCC)[S]CC(=O)OC[C@H](CC)CCCC. The summed E-state index contributed by atoms with van der Waals surface area (Å²) in [4.78, 5) is 38.9. The molecule has 0 spiro atoms. The van der Waals surface area contributed by atoms with Crippen molar-refractivity contribution in [2.45, 2.75) is 150 Å². The Morgan fingerprint density at radius 1 is 0.591 bits per heavy atom. The number of hydrogen-bond acceptors (Lipinski definition) is 9. The molecule has 0 aromatic carbocycles. The zero-order valence-electron chi connectivity index (χ0n) is 29.2. The summed E-state index contributed by atoms with van der Waals surface area (Å²) in [6.07, 6.45) is 15.8. The third-order valence-corrected chi connectivity index (χ3v) is 38.0. The first-order chi connectivity index (χ1) is 21.3. The van der Waals surface area contributed by atoms with Gasteiger partial charge in [-0.05, 0) is 0 Å². The molecule has 0 N–H and O–H groups in total. The molecule has 44 heavy (non-hydrogen) atoms. The fourth-order valence-electron chi connectivity index (χ4n) is 4.74. The summed E-state index contributed by atoms with van der Waals surface area (Å²) in [5.41, 5.74) is 0. The molecule has 0 saturated carbocycles. The summed E-state index contributed by atoms with van der Waals surface area (Å²) in [7, 11) is 5.07. The van der Waals surface area contributed by atoms with Gasteiger partial charge >= 0.3 is 288 Å². The van der Waals surface area contributed by atoms with Crippen molar-refractivity contribution in [3.63, 3.8) is 0 Å². The first kappa shape index (κ1) is 44.3. The first-order valence-corrected chi connectivity index (χ1v) is 32.8. The Balaban J connectivity index is 5.52. The Hall–Kier alpha value is 0.259. The maximum absolute atomic E-state index is 13.3. The van der Waals surface area contributed by atoms with Crippen LogP contribution >= 0.6 is 26.8 Å². The third kappa shape index (κ3) is 23.6. The predicted molar refractivity (Wildman–Crippen MR) is 196 cm³/mol. The van der Waals surface area contributed by atoms with Gasteiger partial charge in [0.15, 0.2) is 0 Å². The second-order valence-corrected chi connectivity index (χ2v) is 39.2. The maximum atomic E-state index is 13.3. The molecule has 0 aromatic heterocycles. The summed E-state index contributed by atoms with van der Waals surface area (Å²) in [5.74, 6) is 1.33. The van der Waals surface area contributed by atoms with Crippen molar-refractivity contribution in [1.82, 2.24) is 0 Å². The Morgan fingerprint density at radius 2 is 1.02 bits per heavy atom. The van der Waals surface area contributed by atoms with Crippen LogP contribution in [0.5, 0.6) is 0 Å². The van der Waals surface area contributed by atoms with Gasteiger partial charge in [-0.15, -0.1) is 0 Å². The number of hydrogen-bond donors (Lipinski definition) is 0. The van der Waals surface area contributed by atoms with Crippen LogP contribution in [0.25, 0.3) is 0 Å². The average Bonchev–Trinajstić information content (AvgIpc) is 3.03. The molecule has 10 heteroatoms. The summed E-state index contributed by atoms with van der Waals surface area (Å²) in [6, 6.07) is 0. The van der Waals surface area contributed by atoms with E-state index in [4.69, 9.17) is 14.2 Å². The van der Waals surface area contributed by atoms with Crippen LogP contribution in [-0.4, -0.2) is 70.1 Å². The third-order valence-electron chi connectivity index (χ3n) is 8.09. The van der Waals surface area contributed by atoms with Crippen molar-refractivity contribution in [1.29, 1.82) is 0 Å². The molecule has 0 aliphatic heterocycles. The van der Waals surface area contributed by atoms with Gasteiger partial charge in [0.05, 0.1) is 0 Å². The summed E-state index contributed by atoms with van der Waals surface area (Å²) < 4.78 is 17.1. The quantitative estimate of drug-likeness (QED) is 0.0306. The Kier molecular flexibility index (Phi) is 30.8. The van der Waals surface area contributed by atoms with Crippen molar-refractivity contribution in [2.24, 2.45) is 17.8 Å². The van der Waals surface area contributed by atoms with Gasteiger partial charge in [0, 0.05) is 0 Å². The number of rotatable bonds is 30. The van der Waals surface area contributed by atoms with Crippen LogP contribution in [0, 0.1) is 17.8 Å². The van der Waals surface area contributed by atoms with Crippen molar-refractivity contribution in [3.05, 3.63) is 0 Å². The molecule has 260 valence electrons. The zero-order valence-corrected chi connectivity index (χ0v) is 34.9. The molecule has 4 atom stereocenters. The van der Waals surface area contributed by atoms with Crippen LogP contribution in [0.4, 0.5) is 0 Å². The molecule has 0 aliphatic carbocycles. The number of ether oxygens (including phenoxy) is 3. The summed E-state index contributed by atoms with van der Waals surface area (Å²) in [6.45, 7) is 16.6. The van der Waals surface area contributed by atoms with E-state index in [0.717, 1.165) is 96.3 Å². The zero-order chi connectivity index (χ0) is 33.0. The van der Waals surface area contributed by atoms with Gasteiger partial charge in [-0.2, -0.15) is 0 Å². The molecule has 0 fully saturated rings. The first-order valence-electron chi connectivity index (χ1n) is 17.6. The normalized spacial score (nSPS) is 14.2. The summed E-state index contributed by atoms with van der Waals surface area (Å²) >= 11 is -2.77. The van der Waals surface area contributed by atoms with Gasteiger partial charge < -0.3 is 0 Å². The van der Waals surface area contributed by atoms with Crippen molar-refractivity contribution in [3.8, 4) is 0 Å². The van der Waals surface area contributed by atoms with Gasteiger partial charge in [-0.1, -0.05) is 0 Å². The van der Waals surface area contributed by atoms with Crippen LogP contribution in [0.15, 0.2) is 0 Å². The molecule has 0 aliphatic rings. The molecule has 0 heterocycles. The number of unbranched alkanes of at least 4 members (excludes halogenated alkanes) is 4. The Bertz CT molecular complexity index is 693. The van der Waals surface area contributed by atoms with E-state index in [1.54, 1.807) is 26.8 Å². The molecular weight excluding hydrogens is 719 g/mol. The van der Waals surface area contributed by atoms with E-state index < -0.39 is 15.6 Å². The van der Waals surface area contributed by atoms with E-state index in [0.29, 0.717) is 37.6 Å². The van der Waals surface area contributed by atoms with E-state index in [1.165, 1.54) is 0 Å². The Morgan fingerprint density at radius 3 is 1.43 bits per heavy atom. The van der Waals surface area contributed by atoms with Crippen molar-refractivity contribution >= 4 is 60.4 Å². The number of carbonyl (C=O) groups excluding carboxylic acids is 3. The van der Waals surface area contributed by atoms with Crippen LogP contribution in [-0.2, 0) is 28.6 Å².